The quantitative estimate of drug-likeness (QED) is 0.895. The van der Waals surface area contributed by atoms with Gasteiger partial charge in [0.15, 0.2) is 0 Å². The van der Waals surface area contributed by atoms with Crippen molar-refractivity contribution in [3.63, 3.8) is 0 Å². The van der Waals surface area contributed by atoms with Crippen molar-refractivity contribution in [3.05, 3.63) is 28.5 Å². The summed E-state index contributed by atoms with van der Waals surface area (Å²) in [6.45, 7) is 0.781. The van der Waals surface area contributed by atoms with E-state index in [4.69, 9.17) is 10.5 Å². The van der Waals surface area contributed by atoms with E-state index in [9.17, 15) is 0 Å². The lowest BCUT2D eigenvalue weighted by Crippen LogP contribution is -2.18. The first-order chi connectivity index (χ1) is 8.19. The van der Waals surface area contributed by atoms with Gasteiger partial charge >= 0.3 is 0 Å². The van der Waals surface area contributed by atoms with E-state index in [-0.39, 0.29) is 5.95 Å². The Morgan fingerprint density at radius 2 is 2.29 bits per heavy atom. The molecular weight excluding hydrogens is 236 g/mol. The first-order valence-corrected chi connectivity index (χ1v) is 6.04. The zero-order chi connectivity index (χ0) is 12.3. The van der Waals surface area contributed by atoms with Gasteiger partial charge < -0.3 is 15.4 Å². The van der Waals surface area contributed by atoms with Gasteiger partial charge in [-0.25, -0.2) is 0 Å². The molecule has 0 atom stereocenters. The van der Waals surface area contributed by atoms with Crippen LogP contribution in [0.2, 0.25) is 0 Å². The molecule has 0 aliphatic carbocycles. The number of hydrogen-bond acceptors (Lipinski definition) is 6. The molecule has 2 N–H and O–H groups in total. The second kappa shape index (κ2) is 5.01. The fraction of sp³-hybridized carbons (Fsp3) is 0.273. The lowest BCUT2D eigenvalue weighted by Gasteiger charge is -2.18. The van der Waals surface area contributed by atoms with Crippen LogP contribution < -0.4 is 15.4 Å². The van der Waals surface area contributed by atoms with Crippen molar-refractivity contribution >= 4 is 23.1 Å². The zero-order valence-corrected chi connectivity index (χ0v) is 10.6. The van der Waals surface area contributed by atoms with Gasteiger partial charge in [-0.05, 0) is 22.4 Å². The average Bonchev–Trinajstić information content (AvgIpc) is 2.81. The van der Waals surface area contributed by atoms with Crippen LogP contribution in [-0.4, -0.2) is 24.1 Å². The number of aromatic nitrogens is 2. The summed E-state index contributed by atoms with van der Waals surface area (Å²) in [5.41, 5.74) is 6.86. The van der Waals surface area contributed by atoms with Crippen LogP contribution in [0.4, 0.5) is 11.8 Å². The number of nitrogens with two attached hydrogens (primary N) is 1. The first kappa shape index (κ1) is 11.7. The molecule has 2 aromatic heterocycles. The van der Waals surface area contributed by atoms with E-state index in [0.29, 0.717) is 5.88 Å². The molecule has 0 aromatic carbocycles. The van der Waals surface area contributed by atoms with E-state index in [0.717, 1.165) is 12.4 Å². The normalized spacial score (nSPS) is 10.2. The molecule has 2 aromatic rings. The Labute approximate surface area is 104 Å². The summed E-state index contributed by atoms with van der Waals surface area (Å²) in [4.78, 5) is 10.1. The number of thiophene rings is 1. The van der Waals surface area contributed by atoms with Crippen molar-refractivity contribution in [1.82, 2.24) is 9.97 Å². The van der Waals surface area contributed by atoms with E-state index >= 15 is 0 Å². The van der Waals surface area contributed by atoms with Crippen molar-refractivity contribution in [1.29, 1.82) is 0 Å². The first-order valence-electron chi connectivity index (χ1n) is 5.10. The molecule has 2 heterocycles. The molecule has 0 aliphatic rings. The summed E-state index contributed by atoms with van der Waals surface area (Å²) >= 11 is 1.68. The summed E-state index contributed by atoms with van der Waals surface area (Å²) < 4.78 is 5.07. The zero-order valence-electron chi connectivity index (χ0n) is 9.75. The second-order valence-corrected chi connectivity index (χ2v) is 4.39. The number of hydrogen-bond donors (Lipinski definition) is 1. The third-order valence-electron chi connectivity index (χ3n) is 2.31. The van der Waals surface area contributed by atoms with Gasteiger partial charge in [0.2, 0.25) is 11.8 Å². The summed E-state index contributed by atoms with van der Waals surface area (Å²) in [5, 5.41) is 4.16. The third kappa shape index (κ3) is 2.85. The lowest BCUT2D eigenvalue weighted by atomic mass is 10.3. The predicted octanol–water partition coefficient (Wildman–Crippen LogP) is 1.77. The van der Waals surface area contributed by atoms with E-state index in [1.54, 1.807) is 24.5 Å². The molecule has 0 radical (unpaired) electrons. The van der Waals surface area contributed by atoms with Gasteiger partial charge in [-0.15, -0.1) is 0 Å². The number of ether oxygens (including phenoxy) is 1. The maximum Gasteiger partial charge on any atom is 0.225 e. The minimum Gasteiger partial charge on any atom is -0.481 e. The van der Waals surface area contributed by atoms with Crippen LogP contribution in [-0.2, 0) is 6.54 Å². The van der Waals surface area contributed by atoms with Crippen LogP contribution in [0.1, 0.15) is 5.56 Å². The Morgan fingerprint density at radius 1 is 1.47 bits per heavy atom. The average molecular weight is 250 g/mol. The molecule has 0 spiro atoms. The van der Waals surface area contributed by atoms with Gasteiger partial charge in [-0.1, -0.05) is 0 Å². The monoisotopic (exact) mass is 250 g/mol. The summed E-state index contributed by atoms with van der Waals surface area (Å²) in [5.74, 6) is 1.45. The Morgan fingerprint density at radius 3 is 2.94 bits per heavy atom. The third-order valence-corrected chi connectivity index (χ3v) is 3.04. The molecule has 6 heteroatoms. The SMILES string of the molecule is COc1cc(N(C)Cc2ccsc2)nc(N)n1. The highest BCUT2D eigenvalue weighted by molar-refractivity contribution is 7.07. The predicted molar refractivity (Wildman–Crippen MR) is 69.4 cm³/mol. The van der Waals surface area contributed by atoms with Crippen LogP contribution in [0.25, 0.3) is 0 Å². The second-order valence-electron chi connectivity index (χ2n) is 3.61. The van der Waals surface area contributed by atoms with Crippen molar-refractivity contribution in [3.8, 4) is 5.88 Å². The van der Waals surface area contributed by atoms with Gasteiger partial charge in [0.05, 0.1) is 7.11 Å². The fourth-order valence-corrected chi connectivity index (χ4v) is 2.13. The minimum atomic E-state index is 0.219. The molecule has 0 amide bonds. The maximum absolute atomic E-state index is 5.62. The minimum absolute atomic E-state index is 0.219. The van der Waals surface area contributed by atoms with E-state index in [2.05, 4.69) is 26.8 Å². The molecule has 5 nitrogen and oxygen atoms in total. The molecule has 0 unspecified atom stereocenters. The molecule has 2 rings (SSSR count). The Balaban J connectivity index is 2.18. The number of nitrogens with zero attached hydrogens (tertiary/aromatic N) is 3. The number of methoxy groups -OCH3 is 1. The van der Waals surface area contributed by atoms with Crippen LogP contribution >= 0.6 is 11.3 Å². The number of anilines is 2. The topological polar surface area (TPSA) is 64.3 Å². The number of rotatable bonds is 4. The molecule has 90 valence electrons. The van der Waals surface area contributed by atoms with Gasteiger partial charge in [-0.2, -0.15) is 21.3 Å². The highest BCUT2D eigenvalue weighted by atomic mass is 32.1. The summed E-state index contributed by atoms with van der Waals surface area (Å²) in [6, 6.07) is 3.85. The maximum atomic E-state index is 5.62. The van der Waals surface area contributed by atoms with Gasteiger partial charge in [0, 0.05) is 19.7 Å². The Hall–Kier alpha value is -1.82. The van der Waals surface area contributed by atoms with Crippen LogP contribution in [0.3, 0.4) is 0 Å². The largest absolute Gasteiger partial charge is 0.481 e. The Kier molecular flexibility index (Phi) is 3.43. The van der Waals surface area contributed by atoms with E-state index < -0.39 is 0 Å². The molecule has 0 aliphatic heterocycles. The molecule has 0 saturated carbocycles. The fourth-order valence-electron chi connectivity index (χ4n) is 1.47. The van der Waals surface area contributed by atoms with Gasteiger partial charge in [0.25, 0.3) is 0 Å². The summed E-state index contributed by atoms with van der Waals surface area (Å²) in [6.07, 6.45) is 0. The smallest absolute Gasteiger partial charge is 0.225 e. The highest BCUT2D eigenvalue weighted by Gasteiger charge is 2.08. The molecule has 0 saturated heterocycles. The molecule has 0 bridgehead atoms. The Bertz CT molecular complexity index is 486. The van der Waals surface area contributed by atoms with Crippen molar-refractivity contribution < 1.29 is 4.74 Å². The van der Waals surface area contributed by atoms with Crippen molar-refractivity contribution in [2.45, 2.75) is 6.54 Å². The van der Waals surface area contributed by atoms with Crippen molar-refractivity contribution in [2.24, 2.45) is 0 Å². The molecular formula is C11H14N4OS. The molecule has 0 fully saturated rings. The van der Waals surface area contributed by atoms with Gasteiger partial charge in [0.1, 0.15) is 5.82 Å². The summed E-state index contributed by atoms with van der Waals surface area (Å²) in [7, 11) is 3.52. The van der Waals surface area contributed by atoms with Crippen molar-refractivity contribution in [2.75, 3.05) is 24.8 Å². The standard InChI is InChI=1S/C11H14N4OS/c1-15(6-8-3-4-17-7-8)9-5-10(16-2)14-11(12)13-9/h3-5,7H,6H2,1-2H3,(H2,12,13,14). The lowest BCUT2D eigenvalue weighted by molar-refractivity contribution is 0.397. The number of nitrogen functional groups attached to an aromatic ring is 1. The van der Waals surface area contributed by atoms with Crippen LogP contribution in [0, 0.1) is 0 Å². The van der Waals surface area contributed by atoms with E-state index in [1.807, 2.05) is 11.9 Å². The van der Waals surface area contributed by atoms with Crippen LogP contribution in [0.15, 0.2) is 22.9 Å². The van der Waals surface area contributed by atoms with Crippen LogP contribution in [0.5, 0.6) is 5.88 Å². The molecule has 17 heavy (non-hydrogen) atoms. The highest BCUT2D eigenvalue weighted by Crippen LogP contribution is 2.19. The van der Waals surface area contributed by atoms with E-state index in [1.165, 1.54) is 5.56 Å². The van der Waals surface area contributed by atoms with Gasteiger partial charge in [-0.3, -0.25) is 0 Å².